The lowest BCUT2D eigenvalue weighted by molar-refractivity contribution is -0.645. The summed E-state index contributed by atoms with van der Waals surface area (Å²) in [4.78, 5) is 52.8. The number of phenolic OH excluding ortho intramolecular Hbond substituents is 2. The highest BCUT2D eigenvalue weighted by molar-refractivity contribution is 7.89. The van der Waals surface area contributed by atoms with Crippen molar-refractivity contribution in [3.05, 3.63) is 166 Å². The van der Waals surface area contributed by atoms with Crippen molar-refractivity contribution in [1.29, 1.82) is 0 Å². The molecule has 0 fully saturated rings. The SMILES string of the molecule is Cc1ccc(S(=O)(=O)N(CCCC(=O)O)C(=O)c2c3ccccc3[n+](CCCCNCCCOCCOCCOCCCCC(=O)c3ccc4c(c3)C3(OC4=O)c4ccc(O)cc4Oc4cc(O)ccc43)c3ccccc23)cc1. The van der Waals surface area contributed by atoms with Gasteiger partial charge in [-0.2, -0.15) is 4.57 Å². The predicted molar refractivity (Wildman–Crippen MR) is 293 cm³/mol. The van der Waals surface area contributed by atoms with Crippen LogP contribution >= 0.6 is 0 Å². The van der Waals surface area contributed by atoms with E-state index in [-0.39, 0.29) is 65.0 Å². The quantitative estimate of drug-likeness (QED) is 0.0118. The van der Waals surface area contributed by atoms with Gasteiger partial charge in [0.2, 0.25) is 11.0 Å². The monoisotopic (exact) mass is 1090 g/mol. The number of benzene rings is 6. The zero-order valence-electron chi connectivity index (χ0n) is 44.0. The second kappa shape index (κ2) is 25.4. The molecular formula is C61H64N3O14S+. The highest BCUT2D eigenvalue weighted by Crippen LogP contribution is 2.57. The molecule has 79 heavy (non-hydrogen) atoms. The molecule has 6 aromatic carbocycles. The number of para-hydroxylation sites is 2. The Morgan fingerprint density at radius 1 is 0.646 bits per heavy atom. The number of aromatic nitrogens is 1. The van der Waals surface area contributed by atoms with Gasteiger partial charge in [-0.05, 0) is 113 Å². The normalized spacial score (nSPS) is 13.2. The third-order valence-electron chi connectivity index (χ3n) is 14.1. The first-order valence-corrected chi connectivity index (χ1v) is 28.1. The fourth-order valence-corrected chi connectivity index (χ4v) is 11.7. The molecule has 1 aromatic heterocycles. The number of unbranched alkanes of at least 4 members (excludes halogenated alkanes) is 2. The number of aromatic hydroxyl groups is 2. The fraction of sp³-hybridized carbons (Fsp3) is 0.328. The molecule has 18 heteroatoms. The molecule has 2 aliphatic heterocycles. The van der Waals surface area contributed by atoms with Gasteiger partial charge in [-0.15, -0.1) is 0 Å². The summed E-state index contributed by atoms with van der Waals surface area (Å²) in [6.45, 7) is 6.56. The first-order valence-electron chi connectivity index (χ1n) is 26.7. The van der Waals surface area contributed by atoms with Crippen molar-refractivity contribution >= 4 is 55.5 Å². The maximum atomic E-state index is 14.7. The molecule has 0 saturated heterocycles. The van der Waals surface area contributed by atoms with Crippen molar-refractivity contribution in [3.63, 3.8) is 0 Å². The Labute approximate surface area is 458 Å². The average molecular weight is 1100 g/mol. The Hall–Kier alpha value is -7.74. The number of ketones is 1. The topological polar surface area (TPSA) is 228 Å². The Bertz CT molecular complexity index is 3390. The second-order valence-corrected chi connectivity index (χ2v) is 21.4. The van der Waals surface area contributed by atoms with Crippen molar-refractivity contribution in [2.24, 2.45) is 0 Å². The molecule has 3 heterocycles. The van der Waals surface area contributed by atoms with Crippen LogP contribution in [0.2, 0.25) is 0 Å². The summed E-state index contributed by atoms with van der Waals surface area (Å²) < 4.78 is 60.5. The molecule has 0 aliphatic carbocycles. The summed E-state index contributed by atoms with van der Waals surface area (Å²) in [7, 11) is -4.33. The van der Waals surface area contributed by atoms with Gasteiger partial charge in [-0.3, -0.25) is 14.4 Å². The van der Waals surface area contributed by atoms with Gasteiger partial charge in [0.25, 0.3) is 15.9 Å². The van der Waals surface area contributed by atoms with Gasteiger partial charge in [0.05, 0.1) is 53.2 Å². The minimum Gasteiger partial charge on any atom is -0.508 e. The summed E-state index contributed by atoms with van der Waals surface area (Å²) >= 11 is 0. The number of ether oxygens (including phenoxy) is 5. The summed E-state index contributed by atoms with van der Waals surface area (Å²) in [6.07, 6.45) is 3.77. The number of carboxylic acids is 1. The Balaban J connectivity index is 0.659. The minimum atomic E-state index is -4.33. The van der Waals surface area contributed by atoms with Crippen molar-refractivity contribution in [2.45, 2.75) is 75.3 Å². The van der Waals surface area contributed by atoms with Crippen molar-refractivity contribution in [3.8, 4) is 23.0 Å². The molecule has 9 rings (SSSR count). The van der Waals surface area contributed by atoms with Crippen molar-refractivity contribution in [1.82, 2.24) is 9.62 Å². The smallest absolute Gasteiger partial charge is 0.340 e. The van der Waals surface area contributed by atoms with E-state index in [9.17, 15) is 42.9 Å². The number of sulfonamides is 1. The Morgan fingerprint density at radius 2 is 1.24 bits per heavy atom. The molecule has 0 bridgehead atoms. The number of carbonyl (C=O) groups excluding carboxylic acids is 3. The van der Waals surface area contributed by atoms with Crippen LogP contribution in [0.5, 0.6) is 23.0 Å². The number of nitrogens with one attached hydrogen (secondary N) is 1. The molecule has 0 atom stereocenters. The van der Waals surface area contributed by atoms with Gasteiger partial charge >= 0.3 is 11.9 Å². The highest BCUT2D eigenvalue weighted by atomic mass is 32.2. The second-order valence-electron chi connectivity index (χ2n) is 19.6. The molecule has 0 unspecified atom stereocenters. The first-order chi connectivity index (χ1) is 38.3. The van der Waals surface area contributed by atoms with Gasteiger partial charge in [-0.25, -0.2) is 17.5 Å². The zero-order chi connectivity index (χ0) is 55.5. The molecule has 2 aliphatic rings. The summed E-state index contributed by atoms with van der Waals surface area (Å²) in [6, 6.07) is 35.2. The van der Waals surface area contributed by atoms with Crippen LogP contribution in [-0.2, 0) is 45.9 Å². The van der Waals surface area contributed by atoms with Crippen LogP contribution in [0, 0.1) is 6.92 Å². The van der Waals surface area contributed by atoms with Gasteiger partial charge in [-0.1, -0.05) is 48.0 Å². The summed E-state index contributed by atoms with van der Waals surface area (Å²) in [5.74, 6) is -2.00. The first kappa shape index (κ1) is 56.0. The number of phenols is 2. The highest BCUT2D eigenvalue weighted by Gasteiger charge is 2.54. The van der Waals surface area contributed by atoms with Crippen LogP contribution in [0.4, 0.5) is 0 Å². The number of aryl methyl sites for hydroxylation is 2. The number of hydrogen-bond acceptors (Lipinski definition) is 14. The molecule has 412 valence electrons. The molecular weight excluding hydrogens is 1030 g/mol. The van der Waals surface area contributed by atoms with E-state index in [1.54, 1.807) is 42.5 Å². The van der Waals surface area contributed by atoms with Gasteiger partial charge in [0.1, 0.15) is 29.5 Å². The number of nitrogens with zero attached hydrogens (tertiary/aromatic N) is 2. The standard InChI is InChI=1S/C61H63N3O14S/c1-41-18-23-45(24-19-41)79(72,73)64(31-10-17-57(68)69)59(70)58-47-12-2-4-14-52(47)63(53-15-5-3-13-48(53)58)30-8-7-28-62-29-11-33-75-35-37-76-36-34-74-32-9-6-16-54(67)42-20-25-46-51(38-42)61(78-60(46)71)49-26-21-43(65)39-55(49)77-56-40-44(66)22-27-50(56)61/h2-5,12-15,18-27,38-40,62H,6-11,16-17,28-37H2,1H3,(H2-,65,66,68,69)/p+1. The number of aliphatic carboxylic acids is 1. The molecule has 17 nitrogen and oxygen atoms in total. The number of fused-ring (bicyclic) bond motifs is 8. The van der Waals surface area contributed by atoms with Crippen molar-refractivity contribution in [2.75, 3.05) is 59.3 Å². The summed E-state index contributed by atoms with van der Waals surface area (Å²) in [5, 5.41) is 34.5. The van der Waals surface area contributed by atoms with E-state index in [2.05, 4.69) is 9.88 Å². The fourth-order valence-electron chi connectivity index (χ4n) is 10.2. The van der Waals surface area contributed by atoms with E-state index in [4.69, 9.17) is 23.7 Å². The predicted octanol–water partition coefficient (Wildman–Crippen LogP) is 9.13. The Morgan fingerprint density at radius 3 is 1.87 bits per heavy atom. The van der Waals surface area contributed by atoms with Crippen LogP contribution in [0.25, 0.3) is 21.8 Å². The minimum absolute atomic E-state index is 0.0398. The number of Topliss-reactive ketones (excluding diaryl/α,β-unsaturated/α-hetero) is 1. The lowest BCUT2D eigenvalue weighted by Crippen LogP contribution is -2.40. The van der Waals surface area contributed by atoms with Gasteiger partial charge in [0, 0.05) is 85.5 Å². The summed E-state index contributed by atoms with van der Waals surface area (Å²) in [5.41, 5.74) is 3.44. The van der Waals surface area contributed by atoms with E-state index >= 15 is 0 Å². The molecule has 0 radical (unpaired) electrons. The average Bonchev–Trinajstić information content (AvgIpc) is 3.57. The number of hydrogen-bond donors (Lipinski definition) is 4. The lowest BCUT2D eigenvalue weighted by atomic mass is 9.77. The maximum Gasteiger partial charge on any atom is 0.340 e. The largest absolute Gasteiger partial charge is 0.508 e. The van der Waals surface area contributed by atoms with E-state index in [0.29, 0.717) is 97.6 Å². The molecule has 0 saturated carbocycles. The molecule has 1 amide bonds. The van der Waals surface area contributed by atoms with Crippen LogP contribution in [0.1, 0.15) is 105 Å². The van der Waals surface area contributed by atoms with E-state index < -0.39 is 33.5 Å². The number of amides is 1. The molecule has 7 aromatic rings. The van der Waals surface area contributed by atoms with Gasteiger partial charge < -0.3 is 44.3 Å². The number of esters is 1. The van der Waals surface area contributed by atoms with E-state index in [1.165, 1.54) is 36.4 Å². The third-order valence-corrected chi connectivity index (χ3v) is 15.9. The number of carbonyl (C=O) groups is 4. The van der Waals surface area contributed by atoms with E-state index in [1.807, 2.05) is 55.5 Å². The van der Waals surface area contributed by atoms with Gasteiger partial charge in [0.15, 0.2) is 11.4 Å². The Kier molecular flexibility index (Phi) is 18.0. The van der Waals surface area contributed by atoms with Crippen LogP contribution < -0.4 is 14.6 Å². The van der Waals surface area contributed by atoms with Crippen molar-refractivity contribution < 1.29 is 71.2 Å². The maximum absolute atomic E-state index is 14.7. The lowest BCUT2D eigenvalue weighted by Gasteiger charge is -2.36. The molecule has 4 N–H and O–H groups in total. The number of pyridine rings is 1. The van der Waals surface area contributed by atoms with E-state index in [0.717, 1.165) is 53.3 Å². The third kappa shape index (κ3) is 12.4. The number of carboxylic acid groups (broad SMARTS) is 1. The van der Waals surface area contributed by atoms with Crippen LogP contribution in [0.15, 0.2) is 132 Å². The molecule has 1 spiro atoms. The number of rotatable bonds is 28. The van der Waals surface area contributed by atoms with Crippen LogP contribution in [-0.4, -0.2) is 111 Å². The van der Waals surface area contributed by atoms with Crippen LogP contribution in [0.3, 0.4) is 0 Å². The zero-order valence-corrected chi connectivity index (χ0v) is 44.8.